The third-order valence-corrected chi connectivity index (χ3v) is 2.05. The van der Waals surface area contributed by atoms with Gasteiger partial charge in [-0.05, 0) is 17.7 Å². The zero-order valence-electron chi connectivity index (χ0n) is 7.16. The normalized spacial score (nSPS) is 26.2. The molecule has 2 heterocycles. The van der Waals surface area contributed by atoms with E-state index in [1.54, 1.807) is 24.5 Å². The summed E-state index contributed by atoms with van der Waals surface area (Å²) in [5.41, 5.74) is 0.759. The third kappa shape index (κ3) is 2.23. The van der Waals surface area contributed by atoms with Gasteiger partial charge < -0.3 is 4.74 Å². The number of ether oxygens (including phenoxy) is 1. The number of epoxide rings is 1. The van der Waals surface area contributed by atoms with Gasteiger partial charge in [-0.2, -0.15) is 13.2 Å². The molecule has 1 fully saturated rings. The second kappa shape index (κ2) is 3.24. The molecule has 0 radical (unpaired) electrons. The number of pyridine rings is 1. The van der Waals surface area contributed by atoms with Crippen LogP contribution in [-0.4, -0.2) is 17.3 Å². The van der Waals surface area contributed by atoms with Crippen molar-refractivity contribution in [1.29, 1.82) is 0 Å². The Balaban J connectivity index is 1.94. The SMILES string of the molecule is FC(F)(F)C[C@H]1O[C@@H]1c1ccncc1. The third-order valence-electron chi connectivity index (χ3n) is 2.05. The summed E-state index contributed by atoms with van der Waals surface area (Å²) in [5.74, 6) is 0. The highest BCUT2D eigenvalue weighted by molar-refractivity contribution is 5.19. The van der Waals surface area contributed by atoms with Crippen LogP contribution in [0.2, 0.25) is 0 Å². The minimum absolute atomic E-state index is 0.403. The summed E-state index contributed by atoms with van der Waals surface area (Å²) < 4.78 is 40.8. The highest BCUT2D eigenvalue weighted by Crippen LogP contribution is 2.44. The van der Waals surface area contributed by atoms with Gasteiger partial charge in [0.25, 0.3) is 0 Å². The van der Waals surface area contributed by atoms with E-state index in [4.69, 9.17) is 4.74 Å². The van der Waals surface area contributed by atoms with Crippen LogP contribution < -0.4 is 0 Å². The van der Waals surface area contributed by atoms with Crippen molar-refractivity contribution in [3.63, 3.8) is 0 Å². The van der Waals surface area contributed by atoms with Crippen molar-refractivity contribution in [2.45, 2.75) is 24.8 Å². The average Bonchev–Trinajstić information content (AvgIpc) is 2.82. The lowest BCUT2D eigenvalue weighted by molar-refractivity contribution is -0.137. The molecule has 0 spiro atoms. The van der Waals surface area contributed by atoms with E-state index < -0.39 is 24.8 Å². The Morgan fingerprint density at radius 2 is 1.93 bits per heavy atom. The van der Waals surface area contributed by atoms with Gasteiger partial charge in [0.1, 0.15) is 6.10 Å². The van der Waals surface area contributed by atoms with Crippen LogP contribution in [0.3, 0.4) is 0 Å². The number of hydrogen-bond acceptors (Lipinski definition) is 2. The van der Waals surface area contributed by atoms with Crippen molar-refractivity contribution < 1.29 is 17.9 Å². The number of alkyl halides is 3. The standard InChI is InChI=1S/C9H8F3NO/c10-9(11,12)5-7-8(14-7)6-1-3-13-4-2-6/h1-4,7-8H,5H2/t7-,8-/m1/s1. The van der Waals surface area contributed by atoms with E-state index in [0.717, 1.165) is 5.56 Å². The average molecular weight is 203 g/mol. The number of aromatic nitrogens is 1. The first-order valence-corrected chi connectivity index (χ1v) is 4.18. The second-order valence-electron chi connectivity index (χ2n) is 3.19. The lowest BCUT2D eigenvalue weighted by Gasteiger charge is -2.01. The maximum atomic E-state index is 11.9. The van der Waals surface area contributed by atoms with Crippen LogP contribution >= 0.6 is 0 Å². The summed E-state index contributed by atoms with van der Waals surface area (Å²) >= 11 is 0. The summed E-state index contributed by atoms with van der Waals surface area (Å²) in [6.07, 6.45) is -3.05. The molecule has 0 N–H and O–H groups in total. The quantitative estimate of drug-likeness (QED) is 0.690. The van der Waals surface area contributed by atoms with Crippen LogP contribution in [0.15, 0.2) is 24.5 Å². The predicted octanol–water partition coefficient (Wildman–Crippen LogP) is 2.47. The summed E-state index contributed by atoms with van der Waals surface area (Å²) in [7, 11) is 0. The van der Waals surface area contributed by atoms with E-state index in [1.807, 2.05) is 0 Å². The van der Waals surface area contributed by atoms with E-state index in [-0.39, 0.29) is 0 Å². The van der Waals surface area contributed by atoms with Crippen molar-refractivity contribution in [1.82, 2.24) is 4.98 Å². The van der Waals surface area contributed by atoms with Gasteiger partial charge in [0.2, 0.25) is 0 Å². The number of nitrogens with zero attached hydrogens (tertiary/aromatic N) is 1. The highest BCUT2D eigenvalue weighted by atomic mass is 19.4. The van der Waals surface area contributed by atoms with Crippen LogP contribution in [-0.2, 0) is 4.74 Å². The molecule has 14 heavy (non-hydrogen) atoms. The minimum Gasteiger partial charge on any atom is -0.364 e. The molecule has 0 aliphatic carbocycles. The number of hydrogen-bond donors (Lipinski definition) is 0. The van der Waals surface area contributed by atoms with Gasteiger partial charge >= 0.3 is 6.18 Å². The molecule has 76 valence electrons. The molecule has 1 saturated heterocycles. The van der Waals surface area contributed by atoms with Gasteiger partial charge in [-0.3, -0.25) is 4.98 Å². The van der Waals surface area contributed by atoms with Crippen LogP contribution in [0.25, 0.3) is 0 Å². The Labute approximate surface area is 78.7 Å². The molecule has 2 nitrogen and oxygen atoms in total. The number of rotatable bonds is 2. The predicted molar refractivity (Wildman–Crippen MR) is 42.5 cm³/mol. The summed E-state index contributed by atoms with van der Waals surface area (Å²) in [6.45, 7) is 0. The molecule has 2 rings (SSSR count). The minimum atomic E-state index is -4.15. The first-order chi connectivity index (χ1) is 6.56. The van der Waals surface area contributed by atoms with E-state index in [1.165, 1.54) is 0 Å². The van der Waals surface area contributed by atoms with Crippen molar-refractivity contribution in [3.05, 3.63) is 30.1 Å². The molecule has 0 saturated carbocycles. The van der Waals surface area contributed by atoms with E-state index in [0.29, 0.717) is 0 Å². The van der Waals surface area contributed by atoms with Gasteiger partial charge in [0.05, 0.1) is 12.5 Å². The summed E-state index contributed by atoms with van der Waals surface area (Å²) in [4.78, 5) is 3.78. The lowest BCUT2D eigenvalue weighted by Crippen LogP contribution is -2.11. The van der Waals surface area contributed by atoms with Gasteiger partial charge in [-0.15, -0.1) is 0 Å². The highest BCUT2D eigenvalue weighted by Gasteiger charge is 2.47. The van der Waals surface area contributed by atoms with Crippen LogP contribution in [0.1, 0.15) is 18.1 Å². The zero-order valence-corrected chi connectivity index (χ0v) is 7.16. The largest absolute Gasteiger partial charge is 0.391 e. The molecule has 0 bridgehead atoms. The fourth-order valence-corrected chi connectivity index (χ4v) is 1.37. The maximum absolute atomic E-state index is 11.9. The van der Waals surface area contributed by atoms with Crippen molar-refractivity contribution >= 4 is 0 Å². The van der Waals surface area contributed by atoms with E-state index >= 15 is 0 Å². The molecular weight excluding hydrogens is 195 g/mol. The number of halogens is 3. The van der Waals surface area contributed by atoms with Crippen LogP contribution in [0.4, 0.5) is 13.2 Å². The Morgan fingerprint density at radius 3 is 2.50 bits per heavy atom. The fourth-order valence-electron chi connectivity index (χ4n) is 1.37. The molecule has 0 unspecified atom stereocenters. The van der Waals surface area contributed by atoms with Gasteiger partial charge in [0, 0.05) is 12.4 Å². The molecule has 2 atom stereocenters. The van der Waals surface area contributed by atoms with Gasteiger partial charge in [-0.1, -0.05) is 0 Å². The van der Waals surface area contributed by atoms with Crippen molar-refractivity contribution in [3.8, 4) is 0 Å². The maximum Gasteiger partial charge on any atom is 0.391 e. The summed E-state index contributed by atoms with van der Waals surface area (Å²) in [5, 5.41) is 0. The topological polar surface area (TPSA) is 25.4 Å². The lowest BCUT2D eigenvalue weighted by atomic mass is 10.1. The Kier molecular flexibility index (Phi) is 2.19. The smallest absolute Gasteiger partial charge is 0.364 e. The van der Waals surface area contributed by atoms with Gasteiger partial charge in [0.15, 0.2) is 0 Å². The first kappa shape index (κ1) is 9.45. The summed E-state index contributed by atoms with van der Waals surface area (Å²) in [6, 6.07) is 3.34. The second-order valence-corrected chi connectivity index (χ2v) is 3.19. The molecular formula is C9H8F3NO. The Morgan fingerprint density at radius 1 is 1.29 bits per heavy atom. The van der Waals surface area contributed by atoms with Crippen molar-refractivity contribution in [2.75, 3.05) is 0 Å². The molecule has 5 heteroatoms. The molecule has 1 aromatic heterocycles. The first-order valence-electron chi connectivity index (χ1n) is 4.18. The van der Waals surface area contributed by atoms with Crippen LogP contribution in [0, 0.1) is 0 Å². The van der Waals surface area contributed by atoms with E-state index in [9.17, 15) is 13.2 Å². The van der Waals surface area contributed by atoms with Gasteiger partial charge in [-0.25, -0.2) is 0 Å². The van der Waals surface area contributed by atoms with Crippen LogP contribution in [0.5, 0.6) is 0 Å². The molecule has 1 aliphatic heterocycles. The molecule has 1 aliphatic rings. The monoisotopic (exact) mass is 203 g/mol. The molecule has 0 aromatic carbocycles. The fraction of sp³-hybridized carbons (Fsp3) is 0.444. The molecule has 0 amide bonds. The zero-order chi connectivity index (χ0) is 10.2. The Hall–Kier alpha value is -1.10. The van der Waals surface area contributed by atoms with Crippen molar-refractivity contribution in [2.24, 2.45) is 0 Å². The Bertz CT molecular complexity index is 312. The van der Waals surface area contributed by atoms with E-state index in [2.05, 4.69) is 4.98 Å². The molecule has 1 aromatic rings.